The lowest BCUT2D eigenvalue weighted by Gasteiger charge is -2.44. The second kappa shape index (κ2) is 9.56. The summed E-state index contributed by atoms with van der Waals surface area (Å²) in [6.45, 7) is 4.85. The predicted molar refractivity (Wildman–Crippen MR) is 125 cm³/mol. The predicted octanol–water partition coefficient (Wildman–Crippen LogP) is 1.96. The van der Waals surface area contributed by atoms with Crippen molar-refractivity contribution in [3.63, 3.8) is 0 Å². The summed E-state index contributed by atoms with van der Waals surface area (Å²) in [5.74, 6) is -0.328. The van der Waals surface area contributed by atoms with Crippen molar-refractivity contribution in [3.8, 4) is 10.6 Å². The molecule has 2 aliphatic heterocycles. The van der Waals surface area contributed by atoms with Crippen LogP contribution in [0.4, 0.5) is 5.00 Å². The van der Waals surface area contributed by atoms with E-state index in [9.17, 15) is 14.7 Å². The molecule has 4 heterocycles. The zero-order valence-electron chi connectivity index (χ0n) is 18.4. The summed E-state index contributed by atoms with van der Waals surface area (Å²) in [5.41, 5.74) is 6.21. The number of likely N-dealkylation sites (tertiary alicyclic amines) is 2. The number of nitrogens with two attached hydrogens (primary N) is 1. The van der Waals surface area contributed by atoms with E-state index in [0.29, 0.717) is 43.2 Å². The Morgan fingerprint density at radius 1 is 1.31 bits per heavy atom. The summed E-state index contributed by atoms with van der Waals surface area (Å²) in [4.78, 5) is 34.8. The highest BCUT2D eigenvalue weighted by Gasteiger charge is 2.42. The van der Waals surface area contributed by atoms with E-state index in [2.05, 4.69) is 15.2 Å². The maximum absolute atomic E-state index is 13.1. The first-order valence-corrected chi connectivity index (χ1v) is 12.1. The fourth-order valence-corrected chi connectivity index (χ4v) is 5.60. The quantitative estimate of drug-likeness (QED) is 0.633. The topological polar surface area (TPSA) is 112 Å². The second-order valence-electron chi connectivity index (χ2n) is 8.59. The Morgan fingerprint density at radius 3 is 2.78 bits per heavy atom. The number of piperidine rings is 2. The van der Waals surface area contributed by atoms with E-state index in [4.69, 9.17) is 5.73 Å². The maximum atomic E-state index is 13.1. The average molecular weight is 458 g/mol. The molecule has 0 radical (unpaired) electrons. The molecule has 2 amide bonds. The number of rotatable bonds is 5. The summed E-state index contributed by atoms with van der Waals surface area (Å²) in [5, 5.41) is 14.1. The summed E-state index contributed by atoms with van der Waals surface area (Å²) >= 11 is 1.38. The first-order valence-electron chi connectivity index (χ1n) is 11.3. The molecule has 4 N–H and O–H groups in total. The third kappa shape index (κ3) is 4.65. The molecule has 2 aromatic rings. The number of thiophene rings is 1. The summed E-state index contributed by atoms with van der Waals surface area (Å²) in [6, 6.07) is 7.78. The van der Waals surface area contributed by atoms with Gasteiger partial charge in [-0.25, -0.2) is 0 Å². The molecular weight excluding hydrogens is 426 g/mol. The van der Waals surface area contributed by atoms with Gasteiger partial charge in [-0.1, -0.05) is 6.07 Å². The Hall–Kier alpha value is -2.49. The molecule has 8 nitrogen and oxygen atoms in total. The number of amides is 2. The number of nitrogen functional groups attached to an aromatic ring is 1. The van der Waals surface area contributed by atoms with Crippen molar-refractivity contribution in [1.82, 2.24) is 20.1 Å². The van der Waals surface area contributed by atoms with Crippen molar-refractivity contribution in [3.05, 3.63) is 36.0 Å². The fraction of sp³-hybridized carbons (Fsp3) is 0.522. The molecule has 0 spiro atoms. The Labute approximate surface area is 192 Å². The van der Waals surface area contributed by atoms with Gasteiger partial charge in [-0.2, -0.15) is 0 Å². The number of carbonyl (C=O) groups is 2. The van der Waals surface area contributed by atoms with E-state index in [0.717, 1.165) is 36.4 Å². The van der Waals surface area contributed by atoms with Crippen molar-refractivity contribution in [1.29, 1.82) is 0 Å². The molecule has 0 aromatic carbocycles. The van der Waals surface area contributed by atoms with Crippen molar-refractivity contribution >= 4 is 28.2 Å². The van der Waals surface area contributed by atoms with Gasteiger partial charge in [-0.3, -0.25) is 19.5 Å². The van der Waals surface area contributed by atoms with E-state index in [1.165, 1.54) is 11.3 Å². The van der Waals surface area contributed by atoms with Crippen LogP contribution in [0, 0.1) is 0 Å². The van der Waals surface area contributed by atoms with Crippen LogP contribution in [0.3, 0.4) is 0 Å². The molecule has 4 rings (SSSR count). The molecule has 0 saturated carbocycles. The molecule has 172 valence electrons. The number of hydrogen-bond donors (Lipinski definition) is 3. The van der Waals surface area contributed by atoms with Gasteiger partial charge in [0.05, 0.1) is 21.1 Å². The summed E-state index contributed by atoms with van der Waals surface area (Å²) < 4.78 is 0. The molecule has 1 atom stereocenters. The number of likely N-dealkylation sites (N-methyl/N-ethyl adjacent to an activating group) is 1. The van der Waals surface area contributed by atoms with E-state index in [-0.39, 0.29) is 17.9 Å². The molecule has 2 saturated heterocycles. The highest BCUT2D eigenvalue weighted by Crippen LogP contribution is 2.34. The Morgan fingerprint density at radius 2 is 2.09 bits per heavy atom. The number of aromatic nitrogens is 1. The van der Waals surface area contributed by atoms with Crippen LogP contribution in [0.25, 0.3) is 10.6 Å². The molecule has 0 bridgehead atoms. The van der Waals surface area contributed by atoms with Gasteiger partial charge in [-0.05, 0) is 57.4 Å². The van der Waals surface area contributed by atoms with Gasteiger partial charge < -0.3 is 21.1 Å². The summed E-state index contributed by atoms with van der Waals surface area (Å²) in [6.07, 6.45) is 4.63. The lowest BCUT2D eigenvalue weighted by molar-refractivity contribution is -0.147. The molecule has 0 aliphatic carbocycles. The normalized spacial score (nSPS) is 22.6. The minimum atomic E-state index is -1.33. The number of anilines is 1. The van der Waals surface area contributed by atoms with Crippen molar-refractivity contribution in [2.75, 3.05) is 38.5 Å². The van der Waals surface area contributed by atoms with Crippen LogP contribution in [0.2, 0.25) is 0 Å². The van der Waals surface area contributed by atoms with Gasteiger partial charge in [0.25, 0.3) is 11.8 Å². The van der Waals surface area contributed by atoms with Gasteiger partial charge in [0.2, 0.25) is 0 Å². The molecule has 2 fully saturated rings. The third-order valence-corrected chi connectivity index (χ3v) is 7.42. The summed E-state index contributed by atoms with van der Waals surface area (Å²) in [7, 11) is 0. The molecule has 32 heavy (non-hydrogen) atoms. The highest BCUT2D eigenvalue weighted by atomic mass is 32.1. The van der Waals surface area contributed by atoms with Crippen LogP contribution in [0.5, 0.6) is 0 Å². The number of pyridine rings is 1. The minimum absolute atomic E-state index is 0.0446. The Balaban J connectivity index is 1.37. The van der Waals surface area contributed by atoms with Gasteiger partial charge in [0, 0.05) is 38.4 Å². The molecule has 2 aliphatic rings. The zero-order chi connectivity index (χ0) is 22.7. The Bertz CT molecular complexity index is 958. The molecule has 2 aromatic heterocycles. The Kier molecular flexibility index (Phi) is 6.78. The smallest absolute Gasteiger partial charge is 0.256 e. The van der Waals surface area contributed by atoms with E-state index >= 15 is 0 Å². The van der Waals surface area contributed by atoms with Crippen LogP contribution in [-0.2, 0) is 4.79 Å². The van der Waals surface area contributed by atoms with Gasteiger partial charge >= 0.3 is 0 Å². The number of hydrogen-bond acceptors (Lipinski definition) is 7. The lowest BCUT2D eigenvalue weighted by Crippen LogP contribution is -2.60. The zero-order valence-corrected chi connectivity index (χ0v) is 19.2. The van der Waals surface area contributed by atoms with Crippen LogP contribution < -0.4 is 11.1 Å². The third-order valence-electron chi connectivity index (χ3n) is 6.44. The van der Waals surface area contributed by atoms with Crippen LogP contribution in [-0.4, -0.2) is 76.1 Å². The van der Waals surface area contributed by atoms with Crippen molar-refractivity contribution in [2.45, 2.75) is 44.2 Å². The van der Waals surface area contributed by atoms with Gasteiger partial charge in [-0.15, -0.1) is 11.3 Å². The first-order chi connectivity index (χ1) is 15.4. The van der Waals surface area contributed by atoms with Crippen molar-refractivity contribution in [2.24, 2.45) is 0 Å². The van der Waals surface area contributed by atoms with Crippen molar-refractivity contribution < 1.29 is 14.7 Å². The number of β-amino-alcohol motifs (C(OH)–C–C–N with tert-alkyl or cyclic N) is 1. The molecule has 9 heteroatoms. The largest absolute Gasteiger partial charge is 0.390 e. The molecule has 1 unspecified atom stereocenters. The van der Waals surface area contributed by atoms with Crippen LogP contribution in [0.15, 0.2) is 30.5 Å². The van der Waals surface area contributed by atoms with E-state index in [1.807, 2.05) is 36.1 Å². The fourth-order valence-electron chi connectivity index (χ4n) is 4.70. The number of aliphatic hydroxyl groups is 1. The monoisotopic (exact) mass is 457 g/mol. The number of nitrogens with zero attached hydrogens (tertiary/aromatic N) is 3. The number of carbonyl (C=O) groups excluding carboxylic acids is 2. The minimum Gasteiger partial charge on any atom is -0.390 e. The van der Waals surface area contributed by atoms with Crippen LogP contribution in [0.1, 0.15) is 43.0 Å². The van der Waals surface area contributed by atoms with E-state index in [1.54, 1.807) is 6.20 Å². The first kappa shape index (κ1) is 22.7. The highest BCUT2D eigenvalue weighted by molar-refractivity contribution is 7.19. The molecular formula is C23H31N5O3S. The van der Waals surface area contributed by atoms with Gasteiger partial charge in [0.15, 0.2) is 5.60 Å². The lowest BCUT2D eigenvalue weighted by atomic mass is 9.89. The van der Waals surface area contributed by atoms with Crippen LogP contribution >= 0.6 is 11.3 Å². The average Bonchev–Trinajstić information content (AvgIpc) is 3.21. The standard InChI is InChI=1S/C23H31N5O3S/c1-2-25-22(30)23(31)9-5-11-28(15-23)16-7-12-27(13-8-16)21(29)17-14-19(32-20(17)24)18-6-3-4-10-26-18/h3-4,6,10,14,16,31H,2,5,7-9,11-13,15,24H2,1H3,(H,25,30). The maximum Gasteiger partial charge on any atom is 0.256 e. The van der Waals surface area contributed by atoms with E-state index < -0.39 is 5.60 Å². The van der Waals surface area contributed by atoms with Gasteiger partial charge in [0.1, 0.15) is 0 Å². The second-order valence-corrected chi connectivity index (χ2v) is 9.68. The SMILES string of the molecule is CCNC(=O)C1(O)CCCN(C2CCN(C(=O)c3cc(-c4ccccn4)sc3N)CC2)C1. The number of nitrogens with one attached hydrogen (secondary N) is 1.